The monoisotopic (exact) mass is 328 g/mol. The molecule has 2 unspecified atom stereocenters. The van der Waals surface area contributed by atoms with Gasteiger partial charge in [-0.25, -0.2) is 0 Å². The molecule has 1 N–H and O–H groups in total. The van der Waals surface area contributed by atoms with Gasteiger partial charge in [0.25, 0.3) is 5.91 Å². The van der Waals surface area contributed by atoms with Gasteiger partial charge >= 0.3 is 0 Å². The average molecular weight is 328 g/mol. The second-order valence-corrected chi connectivity index (χ2v) is 6.45. The lowest BCUT2D eigenvalue weighted by Crippen LogP contribution is -2.28. The molecule has 0 spiro atoms. The molecule has 1 saturated heterocycles. The minimum Gasteiger partial charge on any atom is -0.381 e. The number of amides is 1. The third-order valence-electron chi connectivity index (χ3n) is 4.56. The molecule has 6 heteroatoms. The predicted molar refractivity (Wildman–Crippen MR) is 91.0 cm³/mol. The maximum absolute atomic E-state index is 12.3. The van der Waals surface area contributed by atoms with Crippen molar-refractivity contribution in [2.45, 2.75) is 31.6 Å². The zero-order chi connectivity index (χ0) is 16.9. The Bertz CT molecular complexity index is 675. The highest BCUT2D eigenvalue weighted by Gasteiger charge is 2.17. The van der Waals surface area contributed by atoms with Gasteiger partial charge in [-0.05, 0) is 30.5 Å². The van der Waals surface area contributed by atoms with Crippen molar-refractivity contribution < 1.29 is 9.53 Å². The van der Waals surface area contributed by atoms with Crippen LogP contribution < -0.4 is 5.32 Å². The lowest BCUT2D eigenvalue weighted by atomic mass is 9.93. The van der Waals surface area contributed by atoms with Crippen LogP contribution in [-0.2, 0) is 11.8 Å². The van der Waals surface area contributed by atoms with Crippen LogP contribution in [0.1, 0.15) is 53.3 Å². The van der Waals surface area contributed by atoms with E-state index in [0.29, 0.717) is 18.0 Å². The van der Waals surface area contributed by atoms with E-state index in [1.165, 1.54) is 5.56 Å². The smallest absolute Gasteiger partial charge is 0.251 e. The zero-order valence-electron chi connectivity index (χ0n) is 14.2. The van der Waals surface area contributed by atoms with Crippen LogP contribution >= 0.6 is 0 Å². The number of hydrogen-bond donors (Lipinski definition) is 1. The fraction of sp³-hybridized carbons (Fsp3) is 0.500. The van der Waals surface area contributed by atoms with Gasteiger partial charge in [0.15, 0.2) is 0 Å². The van der Waals surface area contributed by atoms with E-state index in [9.17, 15) is 4.79 Å². The van der Waals surface area contributed by atoms with E-state index >= 15 is 0 Å². The number of carbonyl (C=O) groups is 1. The molecule has 0 bridgehead atoms. The summed E-state index contributed by atoms with van der Waals surface area (Å²) in [6, 6.07) is 7.87. The van der Waals surface area contributed by atoms with Crippen molar-refractivity contribution >= 4 is 5.91 Å². The Morgan fingerprint density at radius 3 is 2.83 bits per heavy atom. The van der Waals surface area contributed by atoms with Crippen LogP contribution in [0.3, 0.4) is 0 Å². The Kier molecular flexibility index (Phi) is 5.25. The van der Waals surface area contributed by atoms with Crippen molar-refractivity contribution in [3.05, 3.63) is 47.5 Å². The summed E-state index contributed by atoms with van der Waals surface area (Å²) < 4.78 is 7.40. The molecule has 24 heavy (non-hydrogen) atoms. The molecule has 2 heterocycles. The number of nitrogens with zero attached hydrogens (tertiary/aromatic N) is 3. The largest absolute Gasteiger partial charge is 0.381 e. The van der Waals surface area contributed by atoms with Gasteiger partial charge in [0.1, 0.15) is 12.2 Å². The number of nitrogens with one attached hydrogen (secondary N) is 1. The van der Waals surface area contributed by atoms with Crippen LogP contribution in [0.25, 0.3) is 0 Å². The standard InChI is InChI=1S/C18H24N4O2/c1-13(17-21-20-12-22(17)2)10-19-18(23)15-7-5-14(6-8-15)16-4-3-9-24-11-16/h5-8,12-13,16H,3-4,9-11H2,1-2H3,(H,19,23). The number of hydrogen-bond acceptors (Lipinski definition) is 4. The van der Waals surface area contributed by atoms with E-state index < -0.39 is 0 Å². The molecule has 2 aromatic rings. The Morgan fingerprint density at radius 2 is 2.21 bits per heavy atom. The highest BCUT2D eigenvalue weighted by Crippen LogP contribution is 2.25. The lowest BCUT2D eigenvalue weighted by Gasteiger charge is -2.22. The van der Waals surface area contributed by atoms with Crippen LogP contribution in [0.5, 0.6) is 0 Å². The molecule has 0 radical (unpaired) electrons. The molecular weight excluding hydrogens is 304 g/mol. The quantitative estimate of drug-likeness (QED) is 0.914. The highest BCUT2D eigenvalue weighted by molar-refractivity contribution is 5.94. The van der Waals surface area contributed by atoms with Gasteiger partial charge in [0.05, 0.1) is 6.61 Å². The van der Waals surface area contributed by atoms with Crippen LogP contribution in [0.2, 0.25) is 0 Å². The van der Waals surface area contributed by atoms with E-state index in [2.05, 4.69) is 15.5 Å². The van der Waals surface area contributed by atoms with Crippen molar-refractivity contribution in [2.24, 2.45) is 7.05 Å². The third-order valence-corrected chi connectivity index (χ3v) is 4.56. The van der Waals surface area contributed by atoms with Gasteiger partial charge in [0, 0.05) is 37.6 Å². The second-order valence-electron chi connectivity index (χ2n) is 6.45. The summed E-state index contributed by atoms with van der Waals surface area (Å²) in [7, 11) is 1.90. The molecule has 6 nitrogen and oxygen atoms in total. The summed E-state index contributed by atoms with van der Waals surface area (Å²) in [6.45, 7) is 4.20. The van der Waals surface area contributed by atoms with Crippen LogP contribution in [0.4, 0.5) is 0 Å². The van der Waals surface area contributed by atoms with Crippen molar-refractivity contribution in [1.29, 1.82) is 0 Å². The Morgan fingerprint density at radius 1 is 1.42 bits per heavy atom. The Labute approximate surface area is 142 Å². The van der Waals surface area contributed by atoms with E-state index in [4.69, 9.17) is 4.74 Å². The summed E-state index contributed by atoms with van der Waals surface area (Å²) in [6.07, 6.45) is 3.93. The molecule has 128 valence electrons. The normalized spacial score (nSPS) is 19.0. The Hall–Kier alpha value is -2.21. The summed E-state index contributed by atoms with van der Waals surface area (Å²) >= 11 is 0. The SMILES string of the molecule is CC(CNC(=O)c1ccc(C2CCCOC2)cc1)c1nncn1C. The summed E-state index contributed by atoms with van der Waals surface area (Å²) in [5, 5.41) is 10.9. The van der Waals surface area contributed by atoms with Crippen molar-refractivity contribution in [3.8, 4) is 0 Å². The van der Waals surface area contributed by atoms with Gasteiger partial charge in [-0.2, -0.15) is 0 Å². The van der Waals surface area contributed by atoms with E-state index in [1.807, 2.05) is 42.8 Å². The molecule has 1 amide bonds. The summed E-state index contributed by atoms with van der Waals surface area (Å²) in [5.74, 6) is 1.37. The number of carbonyl (C=O) groups excluding carboxylic acids is 1. The fourth-order valence-electron chi connectivity index (χ4n) is 3.09. The molecule has 1 aromatic carbocycles. The van der Waals surface area contributed by atoms with Crippen molar-refractivity contribution in [1.82, 2.24) is 20.1 Å². The van der Waals surface area contributed by atoms with Gasteiger partial charge in [-0.15, -0.1) is 10.2 Å². The molecule has 1 fully saturated rings. The maximum atomic E-state index is 12.3. The van der Waals surface area contributed by atoms with Crippen molar-refractivity contribution in [2.75, 3.05) is 19.8 Å². The Balaban J connectivity index is 1.56. The van der Waals surface area contributed by atoms with Gasteiger partial charge in [-0.3, -0.25) is 4.79 Å². The number of rotatable bonds is 5. The van der Waals surface area contributed by atoms with Crippen LogP contribution in [0, 0.1) is 0 Å². The first kappa shape index (κ1) is 16.6. The minimum absolute atomic E-state index is 0.0598. The minimum atomic E-state index is -0.0598. The van der Waals surface area contributed by atoms with Crippen LogP contribution in [0.15, 0.2) is 30.6 Å². The van der Waals surface area contributed by atoms with E-state index in [0.717, 1.165) is 31.9 Å². The topological polar surface area (TPSA) is 69.0 Å². The molecule has 1 aliphatic heterocycles. The summed E-state index contributed by atoms with van der Waals surface area (Å²) in [5.41, 5.74) is 1.93. The first-order chi connectivity index (χ1) is 11.6. The maximum Gasteiger partial charge on any atom is 0.251 e. The molecule has 2 atom stereocenters. The molecule has 3 rings (SSSR count). The fourth-order valence-corrected chi connectivity index (χ4v) is 3.09. The van der Waals surface area contributed by atoms with Gasteiger partial charge in [-0.1, -0.05) is 19.1 Å². The van der Waals surface area contributed by atoms with Crippen LogP contribution in [-0.4, -0.2) is 40.4 Å². The lowest BCUT2D eigenvalue weighted by molar-refractivity contribution is 0.0804. The molecule has 0 aliphatic carbocycles. The second kappa shape index (κ2) is 7.57. The van der Waals surface area contributed by atoms with Gasteiger partial charge < -0.3 is 14.6 Å². The third kappa shape index (κ3) is 3.82. The number of aryl methyl sites for hydroxylation is 1. The first-order valence-electron chi connectivity index (χ1n) is 8.45. The summed E-state index contributed by atoms with van der Waals surface area (Å²) in [4.78, 5) is 12.3. The van der Waals surface area contributed by atoms with Crippen molar-refractivity contribution in [3.63, 3.8) is 0 Å². The molecule has 1 aromatic heterocycles. The first-order valence-corrected chi connectivity index (χ1v) is 8.45. The van der Waals surface area contributed by atoms with E-state index in [1.54, 1.807) is 6.33 Å². The number of benzene rings is 1. The van der Waals surface area contributed by atoms with Gasteiger partial charge in [0.2, 0.25) is 0 Å². The molecule has 0 saturated carbocycles. The average Bonchev–Trinajstić information content (AvgIpc) is 3.06. The zero-order valence-corrected chi connectivity index (χ0v) is 14.2. The number of aromatic nitrogens is 3. The molecule has 1 aliphatic rings. The van der Waals surface area contributed by atoms with E-state index in [-0.39, 0.29) is 11.8 Å². The predicted octanol–water partition coefficient (Wildman–Crippen LogP) is 2.24. The highest BCUT2D eigenvalue weighted by atomic mass is 16.5. The number of ether oxygens (including phenoxy) is 1. The molecular formula is C18H24N4O2.